The molecular formula is C17H19F2NO3. The molecule has 0 radical (unpaired) electrons. The van der Waals surface area contributed by atoms with Crippen LogP contribution in [0, 0.1) is 11.2 Å². The predicted molar refractivity (Wildman–Crippen MR) is 79.1 cm³/mol. The molecule has 124 valence electrons. The lowest BCUT2D eigenvalue weighted by molar-refractivity contribution is -0.152. The number of halogens is 2. The molecule has 1 aromatic carbocycles. The van der Waals surface area contributed by atoms with Gasteiger partial charge >= 0.3 is 5.97 Å². The number of nitrogens with zero attached hydrogens (tertiary/aromatic N) is 1. The standard InChI is InChI=1S/C17H19F2NO3/c18-13-4-1-3-12(9-13)10-16(5-2-6-16)14(21)20-8-7-17(19,11-20)15(22)23/h1,3-4,9H,2,5-8,10-11H2,(H,22,23). The highest BCUT2D eigenvalue weighted by molar-refractivity contribution is 5.86. The largest absolute Gasteiger partial charge is 0.479 e. The van der Waals surface area contributed by atoms with E-state index in [2.05, 4.69) is 0 Å². The van der Waals surface area contributed by atoms with Crippen molar-refractivity contribution in [3.63, 3.8) is 0 Å². The Labute approximate surface area is 133 Å². The third kappa shape index (κ3) is 2.82. The number of alkyl halides is 1. The van der Waals surface area contributed by atoms with Crippen molar-refractivity contribution < 1.29 is 23.5 Å². The predicted octanol–water partition coefficient (Wildman–Crippen LogP) is 2.56. The molecule has 1 saturated carbocycles. The van der Waals surface area contributed by atoms with Crippen LogP contribution in [0.2, 0.25) is 0 Å². The van der Waals surface area contributed by atoms with Gasteiger partial charge in [-0.15, -0.1) is 0 Å². The van der Waals surface area contributed by atoms with Crippen LogP contribution in [-0.4, -0.2) is 40.6 Å². The molecule has 1 aliphatic heterocycles. The van der Waals surface area contributed by atoms with E-state index in [4.69, 9.17) is 5.11 Å². The summed E-state index contributed by atoms with van der Waals surface area (Å²) in [7, 11) is 0. The number of carboxylic acids is 1. The summed E-state index contributed by atoms with van der Waals surface area (Å²) in [6.07, 6.45) is 2.47. The first kappa shape index (κ1) is 15.9. The molecule has 3 rings (SSSR count). The molecule has 1 amide bonds. The smallest absolute Gasteiger partial charge is 0.343 e. The van der Waals surface area contributed by atoms with Crippen LogP contribution in [0.5, 0.6) is 0 Å². The minimum absolute atomic E-state index is 0.118. The first-order valence-corrected chi connectivity index (χ1v) is 7.81. The average Bonchev–Trinajstić information content (AvgIpc) is 2.86. The van der Waals surface area contributed by atoms with E-state index in [0.717, 1.165) is 12.0 Å². The zero-order valence-electron chi connectivity index (χ0n) is 12.7. The summed E-state index contributed by atoms with van der Waals surface area (Å²) in [5, 5.41) is 8.96. The highest BCUT2D eigenvalue weighted by atomic mass is 19.1. The first-order valence-electron chi connectivity index (χ1n) is 7.81. The second kappa shape index (κ2) is 5.58. The molecule has 2 aliphatic rings. The topological polar surface area (TPSA) is 57.6 Å². The van der Waals surface area contributed by atoms with E-state index in [1.165, 1.54) is 17.0 Å². The van der Waals surface area contributed by atoms with Crippen molar-refractivity contribution >= 4 is 11.9 Å². The third-order valence-electron chi connectivity index (χ3n) is 5.09. The number of rotatable bonds is 4. The Morgan fingerprint density at radius 3 is 2.52 bits per heavy atom. The van der Waals surface area contributed by atoms with E-state index in [1.54, 1.807) is 12.1 Å². The number of hydrogen-bond donors (Lipinski definition) is 1. The second-order valence-electron chi connectivity index (χ2n) is 6.69. The van der Waals surface area contributed by atoms with E-state index in [-0.39, 0.29) is 24.7 Å². The summed E-state index contributed by atoms with van der Waals surface area (Å²) in [4.78, 5) is 25.1. The third-order valence-corrected chi connectivity index (χ3v) is 5.09. The van der Waals surface area contributed by atoms with E-state index in [9.17, 15) is 18.4 Å². The van der Waals surface area contributed by atoms with Crippen molar-refractivity contribution in [1.82, 2.24) is 4.90 Å². The van der Waals surface area contributed by atoms with Gasteiger partial charge in [0.1, 0.15) is 5.82 Å². The first-order chi connectivity index (χ1) is 10.8. The lowest BCUT2D eigenvalue weighted by Crippen LogP contribution is -2.50. The Kier molecular flexibility index (Phi) is 3.86. The van der Waals surface area contributed by atoms with Gasteiger partial charge in [-0.2, -0.15) is 0 Å². The number of hydrogen-bond acceptors (Lipinski definition) is 2. The van der Waals surface area contributed by atoms with Crippen LogP contribution < -0.4 is 0 Å². The SMILES string of the molecule is O=C(O)C1(F)CCN(C(=O)C2(Cc3cccc(F)c3)CCC2)C1. The van der Waals surface area contributed by atoms with Gasteiger partial charge in [0.05, 0.1) is 12.0 Å². The van der Waals surface area contributed by atoms with Crippen LogP contribution in [0.25, 0.3) is 0 Å². The molecule has 6 heteroatoms. The molecule has 1 aromatic rings. The fourth-order valence-electron chi connectivity index (χ4n) is 3.56. The van der Waals surface area contributed by atoms with Crippen molar-refractivity contribution in [2.45, 2.75) is 37.8 Å². The summed E-state index contributed by atoms with van der Waals surface area (Å²) in [6.45, 7) is -0.279. The number of likely N-dealkylation sites (tertiary alicyclic amines) is 1. The Morgan fingerprint density at radius 1 is 1.26 bits per heavy atom. The molecule has 0 spiro atoms. The van der Waals surface area contributed by atoms with Gasteiger partial charge in [0.25, 0.3) is 0 Å². The van der Waals surface area contributed by atoms with Crippen molar-refractivity contribution in [3.8, 4) is 0 Å². The second-order valence-corrected chi connectivity index (χ2v) is 6.69. The molecule has 1 saturated heterocycles. The Balaban J connectivity index is 1.76. The van der Waals surface area contributed by atoms with Gasteiger partial charge in [-0.05, 0) is 37.0 Å². The van der Waals surface area contributed by atoms with Gasteiger partial charge in [0, 0.05) is 13.0 Å². The zero-order valence-corrected chi connectivity index (χ0v) is 12.7. The average molecular weight is 323 g/mol. The summed E-state index contributed by atoms with van der Waals surface area (Å²) in [6, 6.07) is 6.14. The monoisotopic (exact) mass is 323 g/mol. The van der Waals surface area contributed by atoms with E-state index < -0.39 is 23.6 Å². The summed E-state index contributed by atoms with van der Waals surface area (Å²) >= 11 is 0. The van der Waals surface area contributed by atoms with Crippen molar-refractivity contribution in [2.75, 3.05) is 13.1 Å². The maximum Gasteiger partial charge on any atom is 0.343 e. The quantitative estimate of drug-likeness (QED) is 0.926. The summed E-state index contributed by atoms with van der Waals surface area (Å²) in [5.41, 5.74) is -2.25. The van der Waals surface area contributed by atoms with Crippen molar-refractivity contribution in [3.05, 3.63) is 35.6 Å². The van der Waals surface area contributed by atoms with Gasteiger partial charge in [-0.3, -0.25) is 4.79 Å². The van der Waals surface area contributed by atoms with Crippen molar-refractivity contribution in [2.24, 2.45) is 5.41 Å². The minimum atomic E-state index is -2.35. The lowest BCUT2D eigenvalue weighted by atomic mass is 9.64. The molecule has 1 unspecified atom stereocenters. The van der Waals surface area contributed by atoms with Crippen LogP contribution in [0.3, 0.4) is 0 Å². The zero-order chi connectivity index (χ0) is 16.7. The number of carbonyl (C=O) groups excluding carboxylic acids is 1. The number of carbonyl (C=O) groups is 2. The normalized spacial score (nSPS) is 25.9. The Bertz CT molecular complexity index is 644. The number of amides is 1. The minimum Gasteiger partial charge on any atom is -0.479 e. The van der Waals surface area contributed by atoms with Crippen LogP contribution in [0.15, 0.2) is 24.3 Å². The Morgan fingerprint density at radius 2 is 2.00 bits per heavy atom. The molecule has 0 bridgehead atoms. The van der Waals surface area contributed by atoms with E-state index >= 15 is 0 Å². The van der Waals surface area contributed by atoms with Gasteiger partial charge in [0.15, 0.2) is 0 Å². The number of carboxylic acid groups (broad SMARTS) is 1. The van der Waals surface area contributed by atoms with E-state index in [1.807, 2.05) is 0 Å². The molecule has 0 aromatic heterocycles. The molecule has 1 N–H and O–H groups in total. The molecule has 4 nitrogen and oxygen atoms in total. The fourth-order valence-corrected chi connectivity index (χ4v) is 3.56. The van der Waals surface area contributed by atoms with Crippen molar-refractivity contribution in [1.29, 1.82) is 0 Å². The Hall–Kier alpha value is -1.98. The molecule has 1 atom stereocenters. The highest BCUT2D eigenvalue weighted by Gasteiger charge is 2.52. The van der Waals surface area contributed by atoms with Gasteiger partial charge in [0.2, 0.25) is 11.6 Å². The maximum absolute atomic E-state index is 14.2. The van der Waals surface area contributed by atoms with Gasteiger partial charge < -0.3 is 10.0 Å². The summed E-state index contributed by atoms with van der Waals surface area (Å²) in [5.74, 6) is -2.06. The molecule has 2 fully saturated rings. The van der Waals surface area contributed by atoms with Crippen LogP contribution >= 0.6 is 0 Å². The number of benzene rings is 1. The van der Waals surface area contributed by atoms with Crippen LogP contribution in [0.4, 0.5) is 8.78 Å². The molecule has 1 aliphatic carbocycles. The lowest BCUT2D eigenvalue weighted by Gasteiger charge is -2.43. The van der Waals surface area contributed by atoms with Gasteiger partial charge in [-0.1, -0.05) is 18.6 Å². The van der Waals surface area contributed by atoms with Crippen LogP contribution in [-0.2, 0) is 16.0 Å². The highest BCUT2D eigenvalue weighted by Crippen LogP contribution is 2.46. The number of aliphatic carboxylic acids is 1. The molecule has 1 heterocycles. The molecular weight excluding hydrogens is 304 g/mol. The van der Waals surface area contributed by atoms with E-state index in [0.29, 0.717) is 19.3 Å². The van der Waals surface area contributed by atoms with Gasteiger partial charge in [-0.25, -0.2) is 13.6 Å². The summed E-state index contributed by atoms with van der Waals surface area (Å²) < 4.78 is 27.5. The molecule has 23 heavy (non-hydrogen) atoms. The van der Waals surface area contributed by atoms with Crippen LogP contribution in [0.1, 0.15) is 31.2 Å². The maximum atomic E-state index is 14.2. The fraction of sp³-hybridized carbons (Fsp3) is 0.529.